The molecule has 0 saturated carbocycles. The number of rotatable bonds is 8. The third kappa shape index (κ3) is 6.45. The predicted molar refractivity (Wildman–Crippen MR) is 161 cm³/mol. The molecule has 2 atom stereocenters. The van der Waals surface area contributed by atoms with Crippen LogP contribution in [0.5, 0.6) is 5.88 Å². The maximum absolute atomic E-state index is 14.9. The van der Waals surface area contributed by atoms with Crippen molar-refractivity contribution in [3.63, 3.8) is 0 Å². The van der Waals surface area contributed by atoms with Crippen LogP contribution in [0, 0.1) is 12.7 Å². The van der Waals surface area contributed by atoms with Gasteiger partial charge in [-0.25, -0.2) is 14.1 Å². The molecule has 1 amide bonds. The lowest BCUT2D eigenvalue weighted by atomic mass is 9.96. The molecular weight excluding hydrogens is 577 g/mol. The van der Waals surface area contributed by atoms with Gasteiger partial charge < -0.3 is 25.2 Å². The number of benzene rings is 2. The summed E-state index contributed by atoms with van der Waals surface area (Å²) in [6, 6.07) is 12.8. The third-order valence-corrected chi connectivity index (χ3v) is 7.86. The van der Waals surface area contributed by atoms with E-state index in [1.54, 1.807) is 25.1 Å². The van der Waals surface area contributed by atoms with E-state index in [1.807, 2.05) is 12.1 Å². The van der Waals surface area contributed by atoms with Crippen molar-refractivity contribution in [3.05, 3.63) is 92.6 Å². The van der Waals surface area contributed by atoms with E-state index in [-0.39, 0.29) is 17.3 Å². The molecule has 2 aromatic heterocycles. The lowest BCUT2D eigenvalue weighted by Gasteiger charge is -2.28. The number of nitrogens with one attached hydrogen (secondary N) is 2. The number of carbonyl (C=O) groups excluding carboxylic acids is 1. The number of hydrogen-bond acceptors (Lipinski definition) is 8. The zero-order chi connectivity index (χ0) is 30.7. The Morgan fingerprint density at radius 3 is 2.77 bits per heavy atom. The van der Waals surface area contributed by atoms with Crippen molar-refractivity contribution in [2.75, 3.05) is 25.6 Å². The molecule has 4 aromatic rings. The van der Waals surface area contributed by atoms with Gasteiger partial charge in [-0.15, -0.1) is 0 Å². The van der Waals surface area contributed by atoms with Gasteiger partial charge in [-0.3, -0.25) is 9.59 Å². The predicted octanol–water partition coefficient (Wildman–Crippen LogP) is 4.11. The Labute approximate surface area is 252 Å². The normalized spacial score (nSPS) is 16.6. The van der Waals surface area contributed by atoms with E-state index < -0.39 is 23.4 Å². The lowest BCUT2D eigenvalue weighted by Crippen LogP contribution is -2.46. The van der Waals surface area contributed by atoms with Crippen molar-refractivity contribution in [2.45, 2.75) is 32.0 Å². The zero-order valence-electron chi connectivity index (χ0n) is 23.9. The second-order valence-electron chi connectivity index (χ2n) is 10.2. The third-order valence-electron chi connectivity index (χ3n) is 7.45. The fourth-order valence-electron chi connectivity index (χ4n) is 5.03. The van der Waals surface area contributed by atoms with Gasteiger partial charge in [-0.2, -0.15) is 5.10 Å². The number of pyridine rings is 1. The van der Waals surface area contributed by atoms with Gasteiger partial charge in [0.2, 0.25) is 5.88 Å². The van der Waals surface area contributed by atoms with Gasteiger partial charge in [-0.1, -0.05) is 35.9 Å². The Balaban J connectivity index is 1.44. The molecule has 12 heteroatoms. The molecule has 0 radical (unpaired) electrons. The summed E-state index contributed by atoms with van der Waals surface area (Å²) in [6.07, 6.45) is 1.45. The summed E-state index contributed by atoms with van der Waals surface area (Å²) in [5, 5.41) is 20.3. The first kappa shape index (κ1) is 30.3. The maximum atomic E-state index is 14.9. The number of halogens is 2. The van der Waals surface area contributed by atoms with Gasteiger partial charge in [-0.05, 0) is 48.7 Å². The maximum Gasteiger partial charge on any atom is 0.279 e. The van der Waals surface area contributed by atoms with E-state index in [9.17, 15) is 19.1 Å². The molecule has 0 aliphatic carbocycles. The van der Waals surface area contributed by atoms with Crippen molar-refractivity contribution < 1.29 is 23.8 Å². The Bertz CT molecular complexity index is 1730. The number of carbonyl (C=O) groups is 1. The molecule has 2 aromatic carbocycles. The smallest absolute Gasteiger partial charge is 0.279 e. The van der Waals surface area contributed by atoms with Crippen LogP contribution in [0.4, 0.5) is 10.1 Å². The molecule has 0 bridgehead atoms. The van der Waals surface area contributed by atoms with Crippen LogP contribution in [0.25, 0.3) is 22.4 Å². The summed E-state index contributed by atoms with van der Waals surface area (Å²) in [5.41, 5.74) is 3.03. The average molecular weight is 608 g/mol. The quantitative estimate of drug-likeness (QED) is 0.273. The van der Waals surface area contributed by atoms with Crippen molar-refractivity contribution >= 4 is 23.2 Å². The summed E-state index contributed by atoms with van der Waals surface area (Å²) < 4.78 is 26.8. The summed E-state index contributed by atoms with van der Waals surface area (Å²) >= 11 is 6.91. The summed E-state index contributed by atoms with van der Waals surface area (Å²) in [7, 11) is 2.97. The first-order valence-electron chi connectivity index (χ1n) is 13.6. The fourth-order valence-corrected chi connectivity index (χ4v) is 5.35. The molecule has 1 saturated heterocycles. The SMILES string of the molecule is COc1nc(-c2cccc(-c3cc(F)cc(NC(=O)c4ccnn(C)c4=O)c3C)c2Cl)ccc1CNC1CCOCC1O. The second-order valence-corrected chi connectivity index (χ2v) is 10.6. The minimum atomic E-state index is -0.681. The number of aliphatic hydroxyl groups is 1. The molecule has 43 heavy (non-hydrogen) atoms. The van der Waals surface area contributed by atoms with E-state index in [0.29, 0.717) is 65.0 Å². The highest BCUT2D eigenvalue weighted by Gasteiger charge is 2.24. The van der Waals surface area contributed by atoms with Gasteiger partial charge >= 0.3 is 0 Å². The highest BCUT2D eigenvalue weighted by molar-refractivity contribution is 6.36. The van der Waals surface area contributed by atoms with E-state index >= 15 is 0 Å². The number of anilines is 1. The Hall–Kier alpha value is -4.16. The molecule has 1 aliphatic rings. The van der Waals surface area contributed by atoms with Crippen LogP contribution in [-0.2, 0) is 18.3 Å². The number of aromatic nitrogens is 3. The topological polar surface area (TPSA) is 128 Å². The number of aryl methyl sites for hydroxylation is 1. The van der Waals surface area contributed by atoms with Crippen LogP contribution in [0.1, 0.15) is 27.9 Å². The standard InChI is InChI=1S/C31H31ClFN5O5/c1-17-23(13-19(33)14-26(17)36-29(40)22-9-11-35-38(2)31(22)41)20-5-4-6-21(28(20)32)24-8-7-18(30(37-24)42-3)15-34-25-10-12-43-16-27(25)39/h4-9,11,13-14,25,27,34,39H,10,12,15-16H2,1-3H3,(H,36,40). The van der Waals surface area contributed by atoms with Gasteiger partial charge in [0.05, 0.1) is 30.5 Å². The number of amides is 1. The summed E-state index contributed by atoms with van der Waals surface area (Å²) in [4.78, 5) is 29.9. The van der Waals surface area contributed by atoms with E-state index in [4.69, 9.17) is 21.1 Å². The number of aliphatic hydroxyl groups excluding tert-OH is 1. The van der Waals surface area contributed by atoms with E-state index in [2.05, 4.69) is 20.7 Å². The minimum Gasteiger partial charge on any atom is -0.481 e. The molecule has 10 nitrogen and oxygen atoms in total. The van der Waals surface area contributed by atoms with Crippen LogP contribution < -0.4 is 20.9 Å². The Morgan fingerprint density at radius 2 is 2.00 bits per heavy atom. The van der Waals surface area contributed by atoms with Gasteiger partial charge in [0.1, 0.15) is 11.4 Å². The Morgan fingerprint density at radius 1 is 1.21 bits per heavy atom. The summed E-state index contributed by atoms with van der Waals surface area (Å²) in [6.45, 7) is 3.05. The molecule has 3 heterocycles. The van der Waals surface area contributed by atoms with Crippen molar-refractivity contribution in [2.24, 2.45) is 7.05 Å². The van der Waals surface area contributed by atoms with Crippen LogP contribution in [0.3, 0.4) is 0 Å². The van der Waals surface area contributed by atoms with Crippen LogP contribution in [0.15, 0.2) is 59.5 Å². The second kappa shape index (κ2) is 13.0. The molecule has 0 spiro atoms. The average Bonchev–Trinajstić information content (AvgIpc) is 3.00. The van der Waals surface area contributed by atoms with Crippen molar-refractivity contribution in [3.8, 4) is 28.3 Å². The highest BCUT2D eigenvalue weighted by Crippen LogP contribution is 2.39. The van der Waals surface area contributed by atoms with Gasteiger partial charge in [0.25, 0.3) is 11.5 Å². The molecule has 1 fully saturated rings. The highest BCUT2D eigenvalue weighted by atomic mass is 35.5. The largest absolute Gasteiger partial charge is 0.481 e. The van der Waals surface area contributed by atoms with Crippen molar-refractivity contribution in [1.82, 2.24) is 20.1 Å². The number of methoxy groups -OCH3 is 1. The first-order chi connectivity index (χ1) is 20.7. The number of nitrogens with zero attached hydrogens (tertiary/aromatic N) is 3. The van der Waals surface area contributed by atoms with E-state index in [0.717, 1.165) is 10.2 Å². The van der Waals surface area contributed by atoms with E-state index in [1.165, 1.54) is 38.6 Å². The van der Waals surface area contributed by atoms with Crippen LogP contribution in [-0.4, -0.2) is 58.2 Å². The molecule has 3 N–H and O–H groups in total. The minimum absolute atomic E-state index is 0.0940. The van der Waals surface area contributed by atoms with Gasteiger partial charge in [0.15, 0.2) is 0 Å². The van der Waals surface area contributed by atoms with Crippen LogP contribution >= 0.6 is 11.6 Å². The molecule has 224 valence electrons. The number of hydrogen-bond donors (Lipinski definition) is 3. The fraction of sp³-hybridized carbons (Fsp3) is 0.290. The molecule has 2 unspecified atom stereocenters. The monoisotopic (exact) mass is 607 g/mol. The summed E-state index contributed by atoms with van der Waals surface area (Å²) in [5.74, 6) is -0.867. The lowest BCUT2D eigenvalue weighted by molar-refractivity contribution is -0.0281. The number of ether oxygens (including phenoxy) is 2. The van der Waals surface area contributed by atoms with Crippen molar-refractivity contribution in [1.29, 1.82) is 0 Å². The zero-order valence-corrected chi connectivity index (χ0v) is 24.6. The molecule has 1 aliphatic heterocycles. The molecular formula is C31H31ClFN5O5. The Kier molecular flexibility index (Phi) is 9.16. The first-order valence-corrected chi connectivity index (χ1v) is 14.0. The van der Waals surface area contributed by atoms with Crippen LogP contribution in [0.2, 0.25) is 5.02 Å². The van der Waals surface area contributed by atoms with Gasteiger partial charge in [0, 0.05) is 54.8 Å². The molecule has 5 rings (SSSR count).